The molecule has 1 aromatic carbocycles. The molecule has 0 aliphatic carbocycles. The summed E-state index contributed by atoms with van der Waals surface area (Å²) in [7, 11) is 2.01. The monoisotopic (exact) mass is 643 g/mol. The van der Waals surface area contributed by atoms with Crippen LogP contribution in [0.5, 0.6) is 0 Å². The van der Waals surface area contributed by atoms with Gasteiger partial charge in [-0.25, -0.2) is 19.1 Å². The maximum absolute atomic E-state index is 13.4. The van der Waals surface area contributed by atoms with Gasteiger partial charge in [-0.15, -0.1) is 0 Å². The van der Waals surface area contributed by atoms with Crippen molar-refractivity contribution in [3.63, 3.8) is 0 Å². The van der Waals surface area contributed by atoms with E-state index in [1.165, 1.54) is 4.57 Å². The van der Waals surface area contributed by atoms with Crippen molar-refractivity contribution in [2.24, 2.45) is 5.92 Å². The van der Waals surface area contributed by atoms with Crippen molar-refractivity contribution in [1.29, 1.82) is 0 Å². The van der Waals surface area contributed by atoms with Crippen LogP contribution in [0.2, 0.25) is 0 Å². The maximum atomic E-state index is 13.4. The molecular weight excluding hydrogens is 598 g/mol. The molecule has 0 bridgehead atoms. The minimum Gasteiger partial charge on any atom is -0.464 e. The van der Waals surface area contributed by atoms with E-state index in [0.29, 0.717) is 30.1 Å². The van der Waals surface area contributed by atoms with Crippen molar-refractivity contribution in [3.05, 3.63) is 53.5 Å². The topological polar surface area (TPSA) is 135 Å². The number of rotatable bonds is 7. The number of carbonyl (C=O) groups excluding carboxylic acids is 2. The number of amides is 2. The molecule has 0 radical (unpaired) electrons. The first-order valence-corrected chi connectivity index (χ1v) is 16.6. The lowest BCUT2D eigenvalue weighted by Crippen LogP contribution is -2.41. The normalized spacial score (nSPS) is 17.9. The first kappa shape index (κ1) is 32.5. The zero-order valence-corrected chi connectivity index (χ0v) is 28.0. The first-order chi connectivity index (χ1) is 22.4. The average Bonchev–Trinajstić information content (AvgIpc) is 3.70. The molecular formula is C35H45N7O5. The zero-order valence-electron chi connectivity index (χ0n) is 28.0. The summed E-state index contributed by atoms with van der Waals surface area (Å²) in [6.07, 6.45) is 6.12. The summed E-state index contributed by atoms with van der Waals surface area (Å²) in [5.41, 5.74) is 2.99. The third kappa shape index (κ3) is 6.97. The number of piperidine rings is 1. The largest absolute Gasteiger partial charge is 0.464 e. The van der Waals surface area contributed by atoms with Gasteiger partial charge in [-0.05, 0) is 104 Å². The predicted molar refractivity (Wildman–Crippen MR) is 180 cm³/mol. The van der Waals surface area contributed by atoms with Gasteiger partial charge in [-0.3, -0.25) is 14.4 Å². The van der Waals surface area contributed by atoms with E-state index >= 15 is 0 Å². The van der Waals surface area contributed by atoms with Crippen LogP contribution in [-0.2, 0) is 11.3 Å². The fraction of sp³-hybridized carbons (Fsp3) is 0.514. The molecule has 4 aromatic rings. The fourth-order valence-electron chi connectivity index (χ4n) is 7.03. The number of pyridine rings is 1. The van der Waals surface area contributed by atoms with Crippen LogP contribution in [0.15, 0.2) is 36.5 Å². The van der Waals surface area contributed by atoms with E-state index in [1.54, 1.807) is 18.3 Å². The number of aryl methyl sites for hydroxylation is 2. The number of nitrogens with one attached hydrogen (secondary N) is 1. The van der Waals surface area contributed by atoms with Crippen LogP contribution in [0, 0.1) is 12.8 Å². The van der Waals surface area contributed by atoms with Crippen LogP contribution < -0.4 is 5.32 Å². The highest BCUT2D eigenvalue weighted by molar-refractivity contribution is 6.06. The van der Waals surface area contributed by atoms with E-state index in [0.717, 1.165) is 79.3 Å². The molecule has 1 atom stereocenters. The summed E-state index contributed by atoms with van der Waals surface area (Å²) in [4.78, 5) is 46.6. The number of benzene rings is 1. The third-order valence-corrected chi connectivity index (χ3v) is 9.46. The van der Waals surface area contributed by atoms with Crippen LogP contribution in [-0.4, -0.2) is 84.6 Å². The molecule has 0 spiro atoms. The minimum absolute atomic E-state index is 0.0220. The van der Waals surface area contributed by atoms with E-state index in [4.69, 9.17) is 9.84 Å². The summed E-state index contributed by atoms with van der Waals surface area (Å²) < 4.78 is 8.82. The van der Waals surface area contributed by atoms with Gasteiger partial charge in [-0.1, -0.05) is 6.07 Å². The molecule has 250 valence electrons. The van der Waals surface area contributed by atoms with Crippen LogP contribution >= 0.6 is 0 Å². The highest BCUT2D eigenvalue weighted by Crippen LogP contribution is 2.35. The van der Waals surface area contributed by atoms with Crippen molar-refractivity contribution >= 4 is 45.7 Å². The standard InChI is InChI=1S/C35H45N7O5/c1-22-26-11-10-24(18-29(26)41(38-22)15-6-8-23-12-16-40(17-13-23)34(46)47-35(2,3)4)32(43)37-31-20-28-25(21-36-31)19-30(42(28)33(44)45)27-9-7-14-39(27)5/h10-11,18-21,23,27H,6-9,12-17H2,1-5H3,(H,44,45)(H,36,37,43)/t27-/m1/s1. The lowest BCUT2D eigenvalue weighted by atomic mass is 9.92. The predicted octanol–water partition coefficient (Wildman–Crippen LogP) is 6.67. The van der Waals surface area contributed by atoms with Gasteiger partial charge in [0.25, 0.3) is 5.91 Å². The number of nitrogens with zero attached hydrogens (tertiary/aromatic N) is 6. The van der Waals surface area contributed by atoms with E-state index in [9.17, 15) is 19.5 Å². The molecule has 3 aromatic heterocycles. The second kappa shape index (κ2) is 13.0. The zero-order chi connectivity index (χ0) is 33.5. The van der Waals surface area contributed by atoms with Crippen molar-refractivity contribution in [2.75, 3.05) is 32.0 Å². The number of carboxylic acid groups (broad SMARTS) is 1. The van der Waals surface area contributed by atoms with Crippen LogP contribution in [0.3, 0.4) is 0 Å². The first-order valence-electron chi connectivity index (χ1n) is 16.6. The quantitative estimate of drug-likeness (QED) is 0.228. The number of anilines is 1. The second-order valence-electron chi connectivity index (χ2n) is 14.0. The fourth-order valence-corrected chi connectivity index (χ4v) is 7.03. The van der Waals surface area contributed by atoms with Gasteiger partial charge >= 0.3 is 12.2 Å². The number of ether oxygens (including phenoxy) is 1. The number of hydrogen-bond acceptors (Lipinski definition) is 7. The molecule has 6 rings (SSSR count). The Labute approximate surface area is 274 Å². The number of fused-ring (bicyclic) bond motifs is 2. The van der Waals surface area contributed by atoms with Gasteiger partial charge in [0.2, 0.25) is 0 Å². The summed E-state index contributed by atoms with van der Waals surface area (Å²) >= 11 is 0. The Morgan fingerprint density at radius 3 is 2.49 bits per heavy atom. The van der Waals surface area contributed by atoms with Crippen LogP contribution in [0.4, 0.5) is 15.4 Å². The Bertz CT molecular complexity index is 1810. The molecule has 12 heteroatoms. The van der Waals surface area contributed by atoms with E-state index in [2.05, 4.69) is 15.2 Å². The molecule has 47 heavy (non-hydrogen) atoms. The average molecular weight is 644 g/mol. The molecule has 2 aliphatic heterocycles. The number of carbonyl (C=O) groups is 3. The van der Waals surface area contributed by atoms with Crippen LogP contribution in [0.1, 0.15) is 87.1 Å². The molecule has 2 amide bonds. The lowest BCUT2D eigenvalue weighted by Gasteiger charge is -2.33. The Morgan fingerprint density at radius 1 is 1.04 bits per heavy atom. The Morgan fingerprint density at radius 2 is 1.81 bits per heavy atom. The summed E-state index contributed by atoms with van der Waals surface area (Å²) in [5, 5.41) is 19.4. The lowest BCUT2D eigenvalue weighted by molar-refractivity contribution is 0.0180. The van der Waals surface area contributed by atoms with Gasteiger partial charge in [0.05, 0.1) is 22.8 Å². The van der Waals surface area contributed by atoms with Gasteiger partial charge in [0.15, 0.2) is 0 Å². The highest BCUT2D eigenvalue weighted by Gasteiger charge is 2.29. The number of hydrogen-bond donors (Lipinski definition) is 2. The van der Waals surface area contributed by atoms with Crippen molar-refractivity contribution in [3.8, 4) is 0 Å². The van der Waals surface area contributed by atoms with Gasteiger partial charge in [0, 0.05) is 53.9 Å². The van der Waals surface area contributed by atoms with Crippen molar-refractivity contribution in [1.82, 2.24) is 29.1 Å². The molecule has 0 saturated carbocycles. The summed E-state index contributed by atoms with van der Waals surface area (Å²) in [5.74, 6) is 0.502. The molecule has 2 fully saturated rings. The van der Waals surface area contributed by atoms with Crippen LogP contribution in [0.25, 0.3) is 21.8 Å². The van der Waals surface area contributed by atoms with E-state index in [-0.39, 0.29) is 23.9 Å². The molecule has 5 heterocycles. The Hall–Kier alpha value is -4.45. The van der Waals surface area contributed by atoms with Crippen molar-refractivity contribution in [2.45, 2.75) is 84.4 Å². The van der Waals surface area contributed by atoms with Gasteiger partial charge < -0.3 is 20.1 Å². The number of likely N-dealkylation sites (tertiary alicyclic amines) is 2. The molecule has 2 N–H and O–H groups in total. The number of aromatic nitrogens is 4. The smallest absolute Gasteiger partial charge is 0.416 e. The second-order valence-corrected chi connectivity index (χ2v) is 14.0. The summed E-state index contributed by atoms with van der Waals surface area (Å²) in [6.45, 7) is 10.7. The minimum atomic E-state index is -1.06. The SMILES string of the molecule is Cc1nn(CCCC2CCN(C(=O)OC(C)(C)C)CC2)c2cc(C(=O)Nc3cc4c(cn3)cc([C@H]3CCCN3C)n4C(=O)O)ccc12. The van der Waals surface area contributed by atoms with Gasteiger partial charge in [-0.2, -0.15) is 5.10 Å². The van der Waals surface area contributed by atoms with Gasteiger partial charge in [0.1, 0.15) is 11.4 Å². The third-order valence-electron chi connectivity index (χ3n) is 9.46. The molecule has 0 unspecified atom stereocenters. The molecule has 2 saturated heterocycles. The van der Waals surface area contributed by atoms with E-state index < -0.39 is 11.7 Å². The summed E-state index contributed by atoms with van der Waals surface area (Å²) in [6, 6.07) is 9.10. The molecule has 12 nitrogen and oxygen atoms in total. The molecule has 2 aliphatic rings. The van der Waals surface area contributed by atoms with E-state index in [1.807, 2.05) is 62.5 Å². The highest BCUT2D eigenvalue weighted by atomic mass is 16.6. The van der Waals surface area contributed by atoms with Crippen molar-refractivity contribution < 1.29 is 24.2 Å². The Balaban J connectivity index is 1.11. The Kier molecular flexibility index (Phi) is 8.97. The maximum Gasteiger partial charge on any atom is 0.416 e.